The quantitative estimate of drug-likeness (QED) is 0.179. The predicted octanol–water partition coefficient (Wildman–Crippen LogP) is 3.09. The van der Waals surface area contributed by atoms with E-state index < -0.39 is 41.0 Å². The monoisotopic (exact) mass is 540 g/mol. The van der Waals surface area contributed by atoms with Crippen LogP contribution in [0.3, 0.4) is 0 Å². The predicted molar refractivity (Wildman–Crippen MR) is 147 cm³/mol. The molecule has 39 heavy (non-hydrogen) atoms. The van der Waals surface area contributed by atoms with Gasteiger partial charge >= 0.3 is 0 Å². The number of fused-ring (bicyclic) bond motifs is 1. The van der Waals surface area contributed by atoms with Crippen LogP contribution in [0.25, 0.3) is 0 Å². The molecule has 7 unspecified atom stereocenters. The number of nitrogens with zero attached hydrogens (tertiary/aromatic N) is 1. The molecule has 2 fully saturated rings. The summed E-state index contributed by atoms with van der Waals surface area (Å²) in [5.41, 5.74) is -1.27. The van der Waals surface area contributed by atoms with E-state index in [2.05, 4.69) is 18.8 Å². The van der Waals surface area contributed by atoms with Gasteiger partial charge in [0.25, 0.3) is 11.8 Å². The van der Waals surface area contributed by atoms with E-state index in [1.165, 1.54) is 0 Å². The molecule has 3 N–H and O–H groups in total. The zero-order valence-corrected chi connectivity index (χ0v) is 23.5. The molecule has 7 atom stereocenters. The largest absolute Gasteiger partial charge is 0.393 e. The number of aliphatic hydroxyl groups is 2. The molecule has 8 heteroatoms. The minimum absolute atomic E-state index is 0.0119. The Morgan fingerprint density at radius 3 is 2.54 bits per heavy atom. The highest BCUT2D eigenvalue weighted by Gasteiger charge is 2.56. The van der Waals surface area contributed by atoms with Gasteiger partial charge in [0.2, 0.25) is 5.91 Å². The van der Waals surface area contributed by atoms with Crippen LogP contribution in [0.4, 0.5) is 0 Å². The summed E-state index contributed by atoms with van der Waals surface area (Å²) in [5.74, 6) is -4.01. The Hall–Kier alpha value is -2.58. The number of unbranched alkanes of at least 4 members (excludes halogenated alkanes) is 2. The average molecular weight is 541 g/mol. The fourth-order valence-electron chi connectivity index (χ4n) is 7.47. The van der Waals surface area contributed by atoms with E-state index in [0.717, 1.165) is 19.3 Å². The van der Waals surface area contributed by atoms with E-state index in [0.29, 0.717) is 38.8 Å². The summed E-state index contributed by atoms with van der Waals surface area (Å²) in [6.45, 7) is 10.8. The van der Waals surface area contributed by atoms with Gasteiger partial charge in [-0.2, -0.15) is 0 Å². The number of piperidine rings is 1. The highest BCUT2D eigenvalue weighted by Crippen LogP contribution is 2.51. The van der Waals surface area contributed by atoms with E-state index in [9.17, 15) is 29.4 Å². The Bertz CT molecular complexity index is 1070. The second-order valence-electron chi connectivity index (χ2n) is 12.2. The molecule has 214 valence electrons. The Kier molecular flexibility index (Phi) is 8.96. The molecular formula is C31H44N2O6. The number of amides is 3. The topological polar surface area (TPSA) is 124 Å². The minimum atomic E-state index is -1.38. The molecule has 2 heterocycles. The number of aliphatic hydroxyl groups excluding tert-OH is 1. The fraction of sp³-hybridized carbons (Fsp3) is 0.677. The van der Waals surface area contributed by atoms with Crippen LogP contribution in [0.5, 0.6) is 0 Å². The smallest absolute Gasteiger partial charge is 0.262 e. The summed E-state index contributed by atoms with van der Waals surface area (Å²) in [5, 5.41) is 24.1. The number of rotatable bonds is 9. The number of allylic oxidation sites excluding steroid dienone is 2. The molecule has 0 aromatic rings. The third-order valence-electron chi connectivity index (χ3n) is 9.48. The van der Waals surface area contributed by atoms with Gasteiger partial charge in [-0.1, -0.05) is 58.3 Å². The third kappa shape index (κ3) is 5.68. The first-order chi connectivity index (χ1) is 18.5. The number of imide groups is 1. The molecule has 1 saturated heterocycles. The van der Waals surface area contributed by atoms with Gasteiger partial charge in [0.1, 0.15) is 0 Å². The maximum atomic E-state index is 14.2. The van der Waals surface area contributed by atoms with E-state index in [1.54, 1.807) is 17.1 Å². The maximum Gasteiger partial charge on any atom is 0.262 e. The second-order valence-corrected chi connectivity index (χ2v) is 12.2. The Morgan fingerprint density at radius 2 is 1.90 bits per heavy atom. The van der Waals surface area contributed by atoms with Crippen LogP contribution >= 0.6 is 0 Å². The molecule has 8 nitrogen and oxygen atoms in total. The van der Waals surface area contributed by atoms with Gasteiger partial charge in [-0.25, -0.2) is 0 Å². The fourth-order valence-corrected chi connectivity index (χ4v) is 7.47. The summed E-state index contributed by atoms with van der Waals surface area (Å²) in [4.78, 5) is 55.3. The third-order valence-corrected chi connectivity index (χ3v) is 9.48. The standard InChI is InChI=1S/C31H44N2O6/c1-5-7-8-9-20(6-2)24-25(29(37)32-28(24)36)27(35)23-18(3)10-13-31(39)17-21(16-19(4)26(23)31)30(38)33-14-11-22(34)12-15-33/h6,10,13,18-23,26,34,39H,2,5,7-9,11-12,14-17H2,1,3-4H3,(H,32,36,37). The first-order valence-corrected chi connectivity index (χ1v) is 14.7. The second kappa shape index (κ2) is 11.9. The van der Waals surface area contributed by atoms with Crippen LogP contribution in [-0.2, 0) is 19.2 Å². The van der Waals surface area contributed by atoms with Gasteiger partial charge in [-0.05, 0) is 43.9 Å². The number of hydrogen-bond acceptors (Lipinski definition) is 6. The van der Waals surface area contributed by atoms with Crippen molar-refractivity contribution < 1.29 is 29.4 Å². The van der Waals surface area contributed by atoms with Crippen LogP contribution in [0.1, 0.15) is 72.1 Å². The number of ketones is 1. The van der Waals surface area contributed by atoms with Crippen molar-refractivity contribution in [3.8, 4) is 0 Å². The van der Waals surface area contributed by atoms with Crippen LogP contribution in [0.2, 0.25) is 0 Å². The number of likely N-dealkylation sites (tertiary alicyclic amines) is 1. The SMILES string of the molecule is C=CC(CCCCC)C1=C(C(=O)C2C(C)C=CC3(O)CC(C(=O)N4CCC(O)CC4)CC(C)C23)C(=O)NC1=O. The zero-order valence-electron chi connectivity index (χ0n) is 23.5. The highest BCUT2D eigenvalue weighted by molar-refractivity contribution is 6.33. The van der Waals surface area contributed by atoms with Crippen LogP contribution in [0, 0.1) is 35.5 Å². The lowest BCUT2D eigenvalue weighted by molar-refractivity contribution is -0.151. The Labute approximate surface area is 231 Å². The van der Waals surface area contributed by atoms with Crippen molar-refractivity contribution in [2.75, 3.05) is 13.1 Å². The van der Waals surface area contributed by atoms with E-state index >= 15 is 0 Å². The van der Waals surface area contributed by atoms with Gasteiger partial charge < -0.3 is 15.1 Å². The van der Waals surface area contributed by atoms with Crippen molar-refractivity contribution in [1.29, 1.82) is 0 Å². The summed E-state index contributed by atoms with van der Waals surface area (Å²) < 4.78 is 0. The molecule has 4 aliphatic rings. The molecule has 4 rings (SSSR count). The first kappa shape index (κ1) is 29.4. The van der Waals surface area contributed by atoms with Gasteiger partial charge in [-0.3, -0.25) is 24.5 Å². The summed E-state index contributed by atoms with van der Waals surface area (Å²) in [7, 11) is 0. The lowest BCUT2D eigenvalue weighted by atomic mass is 9.55. The van der Waals surface area contributed by atoms with Gasteiger partial charge in [0.15, 0.2) is 5.78 Å². The molecule has 1 saturated carbocycles. The number of carbonyl (C=O) groups excluding carboxylic acids is 4. The highest BCUT2D eigenvalue weighted by atomic mass is 16.3. The van der Waals surface area contributed by atoms with Gasteiger partial charge in [-0.15, -0.1) is 6.58 Å². The van der Waals surface area contributed by atoms with Crippen molar-refractivity contribution in [3.05, 3.63) is 36.0 Å². The molecule has 3 amide bonds. The van der Waals surface area contributed by atoms with Crippen molar-refractivity contribution in [2.24, 2.45) is 35.5 Å². The van der Waals surface area contributed by atoms with Crippen LogP contribution in [-0.4, -0.2) is 63.4 Å². The van der Waals surface area contributed by atoms with Gasteiger partial charge in [0.05, 0.1) is 17.3 Å². The van der Waals surface area contributed by atoms with Crippen LogP contribution in [0.15, 0.2) is 36.0 Å². The number of hydrogen-bond donors (Lipinski definition) is 3. The lowest BCUT2D eigenvalue weighted by Crippen LogP contribution is -2.57. The van der Waals surface area contributed by atoms with E-state index in [1.807, 2.05) is 19.9 Å². The summed E-state index contributed by atoms with van der Waals surface area (Å²) in [6, 6.07) is 0. The lowest BCUT2D eigenvalue weighted by Gasteiger charge is -2.52. The maximum absolute atomic E-state index is 14.2. The van der Waals surface area contributed by atoms with Crippen molar-refractivity contribution >= 4 is 23.5 Å². The van der Waals surface area contributed by atoms with Crippen molar-refractivity contribution in [1.82, 2.24) is 10.2 Å². The molecule has 0 bridgehead atoms. The normalized spacial score (nSPS) is 34.1. The Balaban J connectivity index is 1.62. The van der Waals surface area contributed by atoms with E-state index in [4.69, 9.17) is 0 Å². The molecule has 0 radical (unpaired) electrons. The van der Waals surface area contributed by atoms with E-state index in [-0.39, 0.29) is 47.3 Å². The first-order valence-electron chi connectivity index (χ1n) is 14.7. The molecule has 0 aromatic carbocycles. The summed E-state index contributed by atoms with van der Waals surface area (Å²) >= 11 is 0. The molecule has 2 aliphatic heterocycles. The molecule has 0 aromatic heterocycles. The number of Topliss-reactive ketones (excluding diaryl/α,β-unsaturated/α-hetero) is 1. The number of nitrogens with one attached hydrogen (secondary N) is 1. The molecule has 2 aliphatic carbocycles. The molecular weight excluding hydrogens is 496 g/mol. The Morgan fingerprint density at radius 1 is 1.21 bits per heavy atom. The summed E-state index contributed by atoms with van der Waals surface area (Å²) in [6.07, 6.45) is 10.1. The van der Waals surface area contributed by atoms with Gasteiger partial charge in [0, 0.05) is 42.3 Å². The molecule has 0 spiro atoms. The van der Waals surface area contributed by atoms with Crippen LogP contribution < -0.4 is 5.32 Å². The number of carbonyl (C=O) groups is 4. The van der Waals surface area contributed by atoms with Crippen molar-refractivity contribution in [3.63, 3.8) is 0 Å². The minimum Gasteiger partial charge on any atom is -0.393 e. The average Bonchev–Trinajstić information content (AvgIpc) is 3.20. The zero-order chi connectivity index (χ0) is 28.5. The van der Waals surface area contributed by atoms with Crippen molar-refractivity contribution in [2.45, 2.75) is 83.8 Å².